The van der Waals surface area contributed by atoms with Gasteiger partial charge in [-0.15, -0.1) is 0 Å². The van der Waals surface area contributed by atoms with Crippen molar-refractivity contribution in [2.75, 3.05) is 50.1 Å². The molecule has 1 amide bonds. The van der Waals surface area contributed by atoms with Crippen LogP contribution in [0.15, 0.2) is 53.0 Å². The van der Waals surface area contributed by atoms with Crippen LogP contribution in [-0.2, 0) is 4.79 Å². The van der Waals surface area contributed by atoms with Gasteiger partial charge in [0, 0.05) is 37.1 Å². The molecule has 0 unspecified atom stereocenters. The molecule has 1 heterocycles. The fourth-order valence-electron chi connectivity index (χ4n) is 3.09. The summed E-state index contributed by atoms with van der Waals surface area (Å²) in [6.45, 7) is 4.54. The molecule has 1 fully saturated rings. The number of likely N-dealkylation sites (N-methyl/N-ethyl adjacent to an activating group) is 1. The predicted molar refractivity (Wildman–Crippen MR) is 114 cm³/mol. The minimum absolute atomic E-state index is 0.0226. The molecule has 1 aliphatic rings. The molecule has 1 aliphatic heterocycles. The third-order valence-electron chi connectivity index (χ3n) is 4.64. The summed E-state index contributed by atoms with van der Waals surface area (Å²) >= 11 is 3.42. The lowest BCUT2D eigenvalue weighted by Crippen LogP contribution is -2.44. The van der Waals surface area contributed by atoms with Gasteiger partial charge in [0.1, 0.15) is 5.75 Å². The van der Waals surface area contributed by atoms with Crippen LogP contribution in [0.5, 0.6) is 5.75 Å². The van der Waals surface area contributed by atoms with E-state index < -0.39 is 0 Å². The summed E-state index contributed by atoms with van der Waals surface area (Å²) < 4.78 is 6.68. The summed E-state index contributed by atoms with van der Waals surface area (Å²) in [5.41, 5.74) is 1.99. The summed E-state index contributed by atoms with van der Waals surface area (Å²) in [5, 5.41) is 3.07. The van der Waals surface area contributed by atoms with Gasteiger partial charge >= 0.3 is 0 Å². The lowest BCUT2D eigenvalue weighted by atomic mass is 10.2. The van der Waals surface area contributed by atoms with E-state index in [-0.39, 0.29) is 5.91 Å². The number of rotatable bonds is 7. The molecule has 5 nitrogen and oxygen atoms in total. The van der Waals surface area contributed by atoms with E-state index in [4.69, 9.17) is 4.74 Å². The van der Waals surface area contributed by atoms with Gasteiger partial charge < -0.3 is 19.9 Å². The van der Waals surface area contributed by atoms with Gasteiger partial charge in [-0.05, 0) is 43.8 Å². The minimum Gasteiger partial charge on any atom is -0.494 e. The van der Waals surface area contributed by atoms with E-state index in [0.29, 0.717) is 19.4 Å². The Morgan fingerprint density at radius 2 is 1.89 bits per heavy atom. The molecule has 0 saturated carbocycles. The van der Waals surface area contributed by atoms with Crippen LogP contribution >= 0.6 is 15.9 Å². The number of carbonyl (C=O) groups is 1. The Labute approximate surface area is 169 Å². The van der Waals surface area contributed by atoms with Gasteiger partial charge in [-0.2, -0.15) is 0 Å². The number of benzene rings is 2. The van der Waals surface area contributed by atoms with Crippen LogP contribution < -0.4 is 15.0 Å². The third kappa shape index (κ3) is 5.97. The van der Waals surface area contributed by atoms with Crippen LogP contribution in [0.1, 0.15) is 12.8 Å². The highest BCUT2D eigenvalue weighted by Gasteiger charge is 2.17. The van der Waals surface area contributed by atoms with Crippen molar-refractivity contribution in [2.45, 2.75) is 12.8 Å². The fourth-order valence-corrected chi connectivity index (χ4v) is 3.47. The van der Waals surface area contributed by atoms with E-state index in [9.17, 15) is 4.79 Å². The highest BCUT2D eigenvalue weighted by molar-refractivity contribution is 9.10. The van der Waals surface area contributed by atoms with E-state index in [1.165, 1.54) is 0 Å². The van der Waals surface area contributed by atoms with Crippen molar-refractivity contribution < 1.29 is 9.53 Å². The van der Waals surface area contributed by atoms with Crippen molar-refractivity contribution in [3.8, 4) is 5.75 Å². The molecule has 1 N–H and O–H groups in total. The van der Waals surface area contributed by atoms with Crippen LogP contribution in [0.2, 0.25) is 0 Å². The summed E-state index contributed by atoms with van der Waals surface area (Å²) in [7, 11) is 2.14. The van der Waals surface area contributed by atoms with Crippen LogP contribution in [0.4, 0.5) is 11.4 Å². The molecular weight excluding hydrogens is 406 g/mol. The maximum absolute atomic E-state index is 12.4. The van der Waals surface area contributed by atoms with Crippen molar-refractivity contribution in [2.24, 2.45) is 0 Å². The lowest BCUT2D eigenvalue weighted by Gasteiger charge is -2.35. The van der Waals surface area contributed by atoms with Gasteiger partial charge in [-0.3, -0.25) is 4.79 Å². The number of halogens is 1. The van der Waals surface area contributed by atoms with Gasteiger partial charge in [-0.1, -0.05) is 34.1 Å². The highest BCUT2D eigenvalue weighted by Crippen LogP contribution is 2.26. The monoisotopic (exact) mass is 431 g/mol. The molecule has 6 heteroatoms. The average Bonchev–Trinajstić information content (AvgIpc) is 2.67. The smallest absolute Gasteiger partial charge is 0.224 e. The molecule has 2 aromatic carbocycles. The van der Waals surface area contributed by atoms with Crippen LogP contribution in [0.25, 0.3) is 0 Å². The first-order chi connectivity index (χ1) is 13.1. The molecular formula is C21H26BrN3O2. The van der Waals surface area contributed by atoms with E-state index in [1.54, 1.807) is 0 Å². The second-order valence-electron chi connectivity index (χ2n) is 6.77. The summed E-state index contributed by atoms with van der Waals surface area (Å²) in [5.74, 6) is 0.833. The summed E-state index contributed by atoms with van der Waals surface area (Å²) in [6.07, 6.45) is 1.11. The van der Waals surface area contributed by atoms with Crippen LogP contribution in [0.3, 0.4) is 0 Å². The first-order valence-corrected chi connectivity index (χ1v) is 10.1. The number of piperazine rings is 1. The summed E-state index contributed by atoms with van der Waals surface area (Å²) in [6, 6.07) is 15.8. The van der Waals surface area contributed by atoms with E-state index in [1.807, 2.05) is 42.5 Å². The Hall–Kier alpha value is -2.05. The first-order valence-electron chi connectivity index (χ1n) is 9.32. The average molecular weight is 432 g/mol. The zero-order valence-electron chi connectivity index (χ0n) is 15.7. The van der Waals surface area contributed by atoms with Gasteiger partial charge in [0.15, 0.2) is 0 Å². The molecule has 0 aromatic heterocycles. The first kappa shape index (κ1) is 19.7. The standard InChI is InChI=1S/C21H26BrN3O2/c1-24-11-13-25(14-12-24)20-9-3-2-8-19(20)23-21(26)10-5-15-27-18-7-4-6-17(22)16-18/h2-4,6-9,16H,5,10-15H2,1H3,(H,23,26). The maximum atomic E-state index is 12.4. The molecule has 27 heavy (non-hydrogen) atoms. The van der Waals surface area contributed by atoms with Crippen LogP contribution in [0, 0.1) is 0 Å². The summed E-state index contributed by atoms with van der Waals surface area (Å²) in [4.78, 5) is 17.0. The van der Waals surface area contributed by atoms with E-state index in [0.717, 1.165) is 47.8 Å². The second kappa shape index (κ2) is 9.76. The number of anilines is 2. The molecule has 0 radical (unpaired) electrons. The number of hydrogen-bond acceptors (Lipinski definition) is 4. The zero-order valence-corrected chi connectivity index (χ0v) is 17.2. The normalized spacial score (nSPS) is 14.8. The largest absolute Gasteiger partial charge is 0.494 e. The molecule has 3 rings (SSSR count). The Balaban J connectivity index is 1.48. The van der Waals surface area contributed by atoms with Crippen molar-refractivity contribution in [3.05, 3.63) is 53.0 Å². The predicted octanol–water partition coefficient (Wildman–Crippen LogP) is 4.00. The van der Waals surface area contributed by atoms with Crippen molar-refractivity contribution in [1.29, 1.82) is 0 Å². The van der Waals surface area contributed by atoms with Gasteiger partial charge in [0.05, 0.1) is 18.0 Å². The van der Waals surface area contributed by atoms with Gasteiger partial charge in [0.25, 0.3) is 0 Å². The number of para-hydroxylation sites is 2. The van der Waals surface area contributed by atoms with Crippen molar-refractivity contribution in [3.63, 3.8) is 0 Å². The molecule has 0 aliphatic carbocycles. The molecule has 1 saturated heterocycles. The fraction of sp³-hybridized carbons (Fsp3) is 0.381. The Morgan fingerprint density at radius 1 is 1.11 bits per heavy atom. The molecule has 0 bridgehead atoms. The number of nitrogens with zero attached hydrogens (tertiary/aromatic N) is 2. The SMILES string of the molecule is CN1CCN(c2ccccc2NC(=O)CCCOc2cccc(Br)c2)CC1. The number of hydrogen-bond donors (Lipinski definition) is 1. The third-order valence-corrected chi connectivity index (χ3v) is 5.13. The van der Waals surface area contributed by atoms with Crippen LogP contribution in [-0.4, -0.2) is 50.6 Å². The molecule has 0 spiro atoms. The van der Waals surface area contributed by atoms with Gasteiger partial charge in [-0.25, -0.2) is 0 Å². The Morgan fingerprint density at radius 3 is 2.67 bits per heavy atom. The lowest BCUT2D eigenvalue weighted by molar-refractivity contribution is -0.116. The topological polar surface area (TPSA) is 44.8 Å². The Kier molecular flexibility index (Phi) is 7.12. The minimum atomic E-state index is 0.0226. The van der Waals surface area contributed by atoms with E-state index >= 15 is 0 Å². The van der Waals surface area contributed by atoms with Crippen molar-refractivity contribution >= 4 is 33.2 Å². The van der Waals surface area contributed by atoms with E-state index in [2.05, 4.69) is 44.2 Å². The number of carbonyl (C=O) groups excluding carboxylic acids is 1. The zero-order chi connectivity index (χ0) is 19.1. The van der Waals surface area contributed by atoms with Gasteiger partial charge in [0.2, 0.25) is 5.91 Å². The number of nitrogens with one attached hydrogen (secondary N) is 1. The number of amides is 1. The quantitative estimate of drug-likeness (QED) is 0.672. The maximum Gasteiger partial charge on any atom is 0.224 e. The Bertz CT molecular complexity index is 761. The number of ether oxygens (including phenoxy) is 1. The molecule has 144 valence electrons. The second-order valence-corrected chi connectivity index (χ2v) is 7.68. The highest BCUT2D eigenvalue weighted by atomic mass is 79.9. The molecule has 2 aromatic rings. The van der Waals surface area contributed by atoms with Crippen molar-refractivity contribution in [1.82, 2.24) is 4.90 Å². The molecule has 0 atom stereocenters.